The maximum atomic E-state index is 9.98. The minimum Gasteiger partial charge on any atom is -0.387 e. The minimum absolute atomic E-state index is 0.756. The second-order valence-electron chi connectivity index (χ2n) is 1.98. The van der Waals surface area contributed by atoms with Crippen molar-refractivity contribution in [3.63, 3.8) is 0 Å². The van der Waals surface area contributed by atoms with Crippen LogP contribution in [0.1, 0.15) is 0 Å². The van der Waals surface area contributed by atoms with Crippen LogP contribution in [0.3, 0.4) is 0 Å². The van der Waals surface area contributed by atoms with E-state index in [1.54, 1.807) is 19.3 Å². The third-order valence-corrected chi connectivity index (χ3v) is 1.30. The molecule has 0 spiro atoms. The van der Waals surface area contributed by atoms with Gasteiger partial charge in [0.05, 0.1) is 11.0 Å². The standard InChI is InChI=1S/C6H9N3O/c1-9(8-10)6-2-4-7-5-3-6/h2-4,7H,5H2,1H3. The SMILES string of the molecule is CN(N=O)C1=CCNC=C1. The van der Waals surface area contributed by atoms with E-state index < -0.39 is 0 Å². The zero-order chi connectivity index (χ0) is 7.40. The van der Waals surface area contributed by atoms with Crippen molar-refractivity contribution < 1.29 is 0 Å². The van der Waals surface area contributed by atoms with Crippen molar-refractivity contribution in [3.8, 4) is 0 Å². The van der Waals surface area contributed by atoms with Gasteiger partial charge in [0.25, 0.3) is 0 Å². The molecule has 0 aromatic carbocycles. The maximum absolute atomic E-state index is 9.98. The van der Waals surface area contributed by atoms with Gasteiger partial charge in [-0.15, -0.1) is 4.91 Å². The fourth-order valence-corrected chi connectivity index (χ4v) is 0.731. The van der Waals surface area contributed by atoms with E-state index >= 15 is 0 Å². The molecule has 0 bridgehead atoms. The lowest BCUT2D eigenvalue weighted by Crippen LogP contribution is -2.16. The second-order valence-corrected chi connectivity index (χ2v) is 1.98. The zero-order valence-electron chi connectivity index (χ0n) is 5.74. The Morgan fingerprint density at radius 3 is 3.10 bits per heavy atom. The molecule has 1 aliphatic heterocycles. The van der Waals surface area contributed by atoms with E-state index in [-0.39, 0.29) is 0 Å². The molecule has 1 N–H and O–H groups in total. The van der Waals surface area contributed by atoms with Crippen molar-refractivity contribution in [1.29, 1.82) is 0 Å². The lowest BCUT2D eigenvalue weighted by atomic mass is 10.3. The summed E-state index contributed by atoms with van der Waals surface area (Å²) < 4.78 is 0. The molecule has 0 unspecified atom stereocenters. The Morgan fingerprint density at radius 2 is 2.60 bits per heavy atom. The number of hydrogen-bond donors (Lipinski definition) is 1. The van der Waals surface area contributed by atoms with Gasteiger partial charge in [-0.05, 0) is 18.4 Å². The molecule has 54 valence electrons. The third-order valence-electron chi connectivity index (χ3n) is 1.30. The van der Waals surface area contributed by atoms with Crippen molar-refractivity contribution in [3.05, 3.63) is 29.0 Å². The first-order valence-corrected chi connectivity index (χ1v) is 3.01. The van der Waals surface area contributed by atoms with Crippen LogP contribution in [0.15, 0.2) is 29.3 Å². The van der Waals surface area contributed by atoms with Gasteiger partial charge in [-0.25, -0.2) is 5.01 Å². The lowest BCUT2D eigenvalue weighted by Gasteiger charge is -2.12. The van der Waals surface area contributed by atoms with Crippen LogP contribution in [0.4, 0.5) is 0 Å². The average molecular weight is 139 g/mol. The molecule has 1 rings (SSSR count). The summed E-state index contributed by atoms with van der Waals surface area (Å²) in [6.45, 7) is 0.756. The summed E-state index contributed by atoms with van der Waals surface area (Å²) in [6, 6.07) is 0. The molecule has 0 fully saturated rings. The Morgan fingerprint density at radius 1 is 1.80 bits per heavy atom. The van der Waals surface area contributed by atoms with Gasteiger partial charge in [-0.2, -0.15) is 0 Å². The maximum Gasteiger partial charge on any atom is 0.0614 e. The first-order chi connectivity index (χ1) is 4.84. The van der Waals surface area contributed by atoms with Crippen molar-refractivity contribution >= 4 is 0 Å². The minimum atomic E-state index is 0.756. The van der Waals surface area contributed by atoms with E-state index in [2.05, 4.69) is 10.6 Å². The molecule has 0 amide bonds. The summed E-state index contributed by atoms with van der Waals surface area (Å²) in [5.41, 5.74) is 0.828. The summed E-state index contributed by atoms with van der Waals surface area (Å²) in [4.78, 5) is 9.98. The zero-order valence-corrected chi connectivity index (χ0v) is 5.74. The Labute approximate surface area is 59.2 Å². The Kier molecular flexibility index (Phi) is 2.04. The first-order valence-electron chi connectivity index (χ1n) is 3.01. The Bertz CT molecular complexity index is 185. The second kappa shape index (κ2) is 3.00. The number of nitrogens with zero attached hydrogens (tertiary/aromatic N) is 2. The predicted octanol–water partition coefficient (Wildman–Crippen LogP) is 0.600. The summed E-state index contributed by atoms with van der Waals surface area (Å²) >= 11 is 0. The van der Waals surface area contributed by atoms with Crippen LogP contribution in [0.2, 0.25) is 0 Å². The highest BCUT2D eigenvalue weighted by atomic mass is 16.3. The third kappa shape index (κ3) is 1.34. The molecule has 0 aromatic heterocycles. The number of dihydropyridines is 1. The highest BCUT2D eigenvalue weighted by Crippen LogP contribution is 2.04. The van der Waals surface area contributed by atoms with Gasteiger partial charge in [0.1, 0.15) is 0 Å². The quantitative estimate of drug-likeness (QED) is 0.450. The van der Waals surface area contributed by atoms with Crippen molar-refractivity contribution in [2.45, 2.75) is 0 Å². The van der Waals surface area contributed by atoms with Gasteiger partial charge >= 0.3 is 0 Å². The van der Waals surface area contributed by atoms with Crippen LogP contribution in [0.25, 0.3) is 0 Å². The number of hydrogen-bond acceptors (Lipinski definition) is 3. The summed E-state index contributed by atoms with van der Waals surface area (Å²) in [6.07, 6.45) is 5.48. The van der Waals surface area contributed by atoms with E-state index in [0.29, 0.717) is 0 Å². The summed E-state index contributed by atoms with van der Waals surface area (Å²) in [5, 5.41) is 7.00. The van der Waals surface area contributed by atoms with Gasteiger partial charge in [0.2, 0.25) is 0 Å². The topological polar surface area (TPSA) is 44.7 Å². The highest BCUT2D eigenvalue weighted by Gasteiger charge is 2.00. The number of rotatable bonds is 2. The lowest BCUT2D eigenvalue weighted by molar-refractivity contribution is 0.450. The molecular weight excluding hydrogens is 130 g/mol. The van der Waals surface area contributed by atoms with Crippen LogP contribution in [-0.4, -0.2) is 18.6 Å². The smallest absolute Gasteiger partial charge is 0.0614 e. The fraction of sp³-hybridized carbons (Fsp3) is 0.333. The molecular formula is C6H9N3O. The molecule has 4 heteroatoms. The Hall–Kier alpha value is -1.32. The number of nitrogens with one attached hydrogen (secondary N) is 1. The normalized spacial score (nSPS) is 15.5. The molecule has 0 aliphatic carbocycles. The van der Waals surface area contributed by atoms with E-state index in [9.17, 15) is 4.91 Å². The summed E-state index contributed by atoms with van der Waals surface area (Å²) in [5.74, 6) is 0. The number of likely N-dealkylation sites (N-methyl/N-ethyl adjacent to an activating group) is 1. The molecule has 0 aromatic rings. The van der Waals surface area contributed by atoms with Crippen molar-refractivity contribution in [2.75, 3.05) is 13.6 Å². The predicted molar refractivity (Wildman–Crippen MR) is 38.8 cm³/mol. The van der Waals surface area contributed by atoms with E-state index in [1.807, 2.05) is 6.08 Å². The average Bonchev–Trinajstić information content (AvgIpc) is 2.05. The van der Waals surface area contributed by atoms with Crippen LogP contribution in [0.5, 0.6) is 0 Å². The van der Waals surface area contributed by atoms with Crippen molar-refractivity contribution in [1.82, 2.24) is 10.3 Å². The molecule has 1 heterocycles. The molecule has 1 aliphatic rings. The van der Waals surface area contributed by atoms with Crippen molar-refractivity contribution in [2.24, 2.45) is 5.29 Å². The molecule has 0 saturated carbocycles. The first kappa shape index (κ1) is 6.80. The largest absolute Gasteiger partial charge is 0.387 e. The number of nitroso groups, excluding NO2 is 1. The Balaban J connectivity index is 2.62. The number of allylic oxidation sites excluding steroid dienone is 1. The molecule has 0 radical (unpaired) electrons. The van der Waals surface area contributed by atoms with E-state index in [1.165, 1.54) is 5.01 Å². The molecule has 10 heavy (non-hydrogen) atoms. The van der Waals surface area contributed by atoms with E-state index in [0.717, 1.165) is 12.2 Å². The summed E-state index contributed by atoms with van der Waals surface area (Å²) in [7, 11) is 1.62. The highest BCUT2D eigenvalue weighted by molar-refractivity contribution is 5.19. The van der Waals surface area contributed by atoms with Gasteiger partial charge in [-0.1, -0.05) is 0 Å². The fourth-order valence-electron chi connectivity index (χ4n) is 0.731. The van der Waals surface area contributed by atoms with Gasteiger partial charge < -0.3 is 5.32 Å². The van der Waals surface area contributed by atoms with Crippen LogP contribution in [0, 0.1) is 4.91 Å². The molecule has 0 atom stereocenters. The monoisotopic (exact) mass is 139 g/mol. The molecule has 0 saturated heterocycles. The molecule has 4 nitrogen and oxygen atoms in total. The van der Waals surface area contributed by atoms with Crippen LogP contribution in [-0.2, 0) is 0 Å². The van der Waals surface area contributed by atoms with Gasteiger partial charge in [-0.3, -0.25) is 0 Å². The van der Waals surface area contributed by atoms with Gasteiger partial charge in [0, 0.05) is 13.6 Å². The van der Waals surface area contributed by atoms with Crippen LogP contribution < -0.4 is 5.32 Å². The van der Waals surface area contributed by atoms with Gasteiger partial charge in [0.15, 0.2) is 0 Å². The van der Waals surface area contributed by atoms with E-state index in [4.69, 9.17) is 0 Å². The van der Waals surface area contributed by atoms with Crippen LogP contribution >= 0.6 is 0 Å².